The maximum Gasteiger partial charge on any atom is 0.237 e. The van der Waals surface area contributed by atoms with Gasteiger partial charge in [0.05, 0.1) is 11.6 Å². The number of carbonyl (C=O) groups is 1. The summed E-state index contributed by atoms with van der Waals surface area (Å²) in [7, 11) is 0. The fourth-order valence-corrected chi connectivity index (χ4v) is 2.01. The Morgan fingerprint density at radius 3 is 2.35 bits per heavy atom. The number of aliphatic hydroxyl groups is 1. The second-order valence-corrected chi connectivity index (χ2v) is 5.85. The number of hydrogen-bond donors (Lipinski definition) is 2. The number of carbonyl (C=O) groups excluding carboxylic acids is 1. The quantitative estimate of drug-likeness (QED) is 0.773. The van der Waals surface area contributed by atoms with Gasteiger partial charge in [-0.15, -0.1) is 0 Å². The molecule has 0 aromatic rings. The second kappa shape index (κ2) is 5.83. The summed E-state index contributed by atoms with van der Waals surface area (Å²) >= 11 is 0. The minimum absolute atomic E-state index is 0.0927. The van der Waals surface area contributed by atoms with Crippen molar-refractivity contribution in [3.05, 3.63) is 0 Å². The summed E-state index contributed by atoms with van der Waals surface area (Å²) in [6.45, 7) is 10.3. The van der Waals surface area contributed by atoms with Gasteiger partial charge in [0.15, 0.2) is 0 Å². The Bertz CT molecular complexity index is 254. The lowest BCUT2D eigenvalue weighted by atomic mass is 9.93. The van der Waals surface area contributed by atoms with Crippen LogP contribution in [0, 0.1) is 5.92 Å². The van der Waals surface area contributed by atoms with Gasteiger partial charge in [0.25, 0.3) is 0 Å². The van der Waals surface area contributed by atoms with Gasteiger partial charge in [-0.3, -0.25) is 9.69 Å². The number of nitrogens with zero attached hydrogens (tertiary/aromatic N) is 1. The van der Waals surface area contributed by atoms with Gasteiger partial charge < -0.3 is 10.4 Å². The lowest BCUT2D eigenvalue weighted by Gasteiger charge is -2.38. The van der Waals surface area contributed by atoms with Crippen molar-refractivity contribution in [3.63, 3.8) is 0 Å². The molecule has 2 N–H and O–H groups in total. The number of amides is 1. The van der Waals surface area contributed by atoms with Crippen LogP contribution < -0.4 is 5.32 Å². The highest BCUT2D eigenvalue weighted by Crippen LogP contribution is 2.22. The summed E-state index contributed by atoms with van der Waals surface area (Å²) in [5, 5.41) is 12.8. The first kappa shape index (κ1) is 14.5. The van der Waals surface area contributed by atoms with Crippen LogP contribution in [0.4, 0.5) is 0 Å². The first-order valence-electron chi connectivity index (χ1n) is 6.56. The molecule has 1 amide bonds. The lowest BCUT2D eigenvalue weighted by molar-refractivity contribution is -0.127. The molecule has 0 saturated carbocycles. The Labute approximate surface area is 104 Å². The molecular formula is C13H26N2O2. The van der Waals surface area contributed by atoms with Crippen LogP contribution in [-0.2, 0) is 4.79 Å². The van der Waals surface area contributed by atoms with Crippen molar-refractivity contribution in [2.75, 3.05) is 19.6 Å². The maximum absolute atomic E-state index is 11.9. The minimum Gasteiger partial charge on any atom is -0.390 e. The zero-order chi connectivity index (χ0) is 13.1. The minimum atomic E-state index is -0.551. The number of piperidine rings is 1. The highest BCUT2D eigenvalue weighted by molar-refractivity contribution is 5.81. The average Bonchev–Trinajstić information content (AvgIpc) is 2.25. The molecule has 0 spiro atoms. The molecule has 1 heterocycles. The van der Waals surface area contributed by atoms with Crippen molar-refractivity contribution in [1.82, 2.24) is 10.2 Å². The lowest BCUT2D eigenvalue weighted by Crippen LogP contribution is -2.51. The van der Waals surface area contributed by atoms with E-state index in [1.165, 1.54) is 0 Å². The van der Waals surface area contributed by atoms with Gasteiger partial charge in [0.2, 0.25) is 5.91 Å². The van der Waals surface area contributed by atoms with Crippen LogP contribution >= 0.6 is 0 Å². The zero-order valence-corrected chi connectivity index (χ0v) is 11.5. The Morgan fingerprint density at radius 2 is 1.88 bits per heavy atom. The van der Waals surface area contributed by atoms with E-state index < -0.39 is 5.60 Å². The summed E-state index contributed by atoms with van der Waals surface area (Å²) in [6.07, 6.45) is 1.49. The zero-order valence-electron chi connectivity index (χ0n) is 11.5. The van der Waals surface area contributed by atoms with Crippen LogP contribution in [0.25, 0.3) is 0 Å². The topological polar surface area (TPSA) is 52.6 Å². The Balaban J connectivity index is 2.37. The highest BCUT2D eigenvalue weighted by Gasteiger charge is 2.31. The van der Waals surface area contributed by atoms with E-state index in [1.54, 1.807) is 0 Å². The second-order valence-electron chi connectivity index (χ2n) is 5.85. The predicted molar refractivity (Wildman–Crippen MR) is 68.7 cm³/mol. The number of nitrogens with one attached hydrogen (secondary N) is 1. The highest BCUT2D eigenvalue weighted by atomic mass is 16.3. The van der Waals surface area contributed by atoms with E-state index in [4.69, 9.17) is 0 Å². The standard InChI is InChI=1S/C13H26N2O2/c1-10(2)9-14-12(16)11(3)15-7-5-13(4,17)6-8-15/h10-11,17H,5-9H2,1-4H3,(H,14,16). The van der Waals surface area contributed by atoms with Crippen molar-refractivity contribution in [2.45, 2.75) is 52.2 Å². The summed E-state index contributed by atoms with van der Waals surface area (Å²) in [4.78, 5) is 14.0. The van der Waals surface area contributed by atoms with Gasteiger partial charge >= 0.3 is 0 Å². The van der Waals surface area contributed by atoms with Crippen molar-refractivity contribution >= 4 is 5.91 Å². The van der Waals surface area contributed by atoms with Crippen LogP contribution in [0.2, 0.25) is 0 Å². The van der Waals surface area contributed by atoms with E-state index >= 15 is 0 Å². The van der Waals surface area contributed by atoms with Gasteiger partial charge in [-0.25, -0.2) is 0 Å². The average molecular weight is 242 g/mol. The molecular weight excluding hydrogens is 216 g/mol. The van der Waals surface area contributed by atoms with Gasteiger partial charge in [0.1, 0.15) is 0 Å². The van der Waals surface area contributed by atoms with Crippen LogP contribution in [0.15, 0.2) is 0 Å². The third-order valence-electron chi connectivity index (χ3n) is 3.49. The number of rotatable bonds is 4. The van der Waals surface area contributed by atoms with Gasteiger partial charge in [-0.05, 0) is 32.6 Å². The normalized spacial score (nSPS) is 22.5. The molecule has 0 aliphatic carbocycles. The molecule has 0 aromatic heterocycles. The van der Waals surface area contributed by atoms with E-state index in [-0.39, 0.29) is 11.9 Å². The van der Waals surface area contributed by atoms with Gasteiger partial charge in [-0.2, -0.15) is 0 Å². The summed E-state index contributed by atoms with van der Waals surface area (Å²) < 4.78 is 0. The van der Waals surface area contributed by atoms with E-state index in [0.29, 0.717) is 5.92 Å². The molecule has 1 saturated heterocycles. The molecule has 1 atom stereocenters. The SMILES string of the molecule is CC(C)CNC(=O)C(C)N1CCC(C)(O)CC1. The van der Waals surface area contributed by atoms with Crippen LogP contribution in [-0.4, -0.2) is 47.2 Å². The third-order valence-corrected chi connectivity index (χ3v) is 3.49. The van der Waals surface area contributed by atoms with Crippen molar-refractivity contribution in [3.8, 4) is 0 Å². The van der Waals surface area contributed by atoms with Gasteiger partial charge in [0, 0.05) is 19.6 Å². The summed E-state index contributed by atoms with van der Waals surface area (Å²) in [5.41, 5.74) is -0.551. The molecule has 4 nitrogen and oxygen atoms in total. The molecule has 1 rings (SSSR count). The molecule has 0 radical (unpaired) electrons. The predicted octanol–water partition coefficient (Wildman–Crippen LogP) is 0.994. The Kier molecular flexibility index (Phi) is 4.95. The smallest absolute Gasteiger partial charge is 0.237 e. The molecule has 1 aliphatic rings. The van der Waals surface area contributed by atoms with Gasteiger partial charge in [-0.1, -0.05) is 13.8 Å². The van der Waals surface area contributed by atoms with Crippen LogP contribution in [0.3, 0.4) is 0 Å². The van der Waals surface area contributed by atoms with E-state index in [1.807, 2.05) is 13.8 Å². The Hall–Kier alpha value is -0.610. The monoisotopic (exact) mass is 242 g/mol. The van der Waals surface area contributed by atoms with E-state index in [2.05, 4.69) is 24.1 Å². The molecule has 1 unspecified atom stereocenters. The maximum atomic E-state index is 11.9. The van der Waals surface area contributed by atoms with Crippen molar-refractivity contribution in [2.24, 2.45) is 5.92 Å². The molecule has 17 heavy (non-hydrogen) atoms. The van der Waals surface area contributed by atoms with Crippen molar-refractivity contribution < 1.29 is 9.90 Å². The largest absolute Gasteiger partial charge is 0.390 e. The fourth-order valence-electron chi connectivity index (χ4n) is 2.01. The summed E-state index contributed by atoms with van der Waals surface area (Å²) in [5.74, 6) is 0.577. The van der Waals surface area contributed by atoms with E-state index in [0.717, 1.165) is 32.5 Å². The van der Waals surface area contributed by atoms with Crippen LogP contribution in [0.1, 0.15) is 40.5 Å². The Morgan fingerprint density at radius 1 is 1.35 bits per heavy atom. The molecule has 1 fully saturated rings. The van der Waals surface area contributed by atoms with E-state index in [9.17, 15) is 9.90 Å². The number of hydrogen-bond acceptors (Lipinski definition) is 3. The first-order chi connectivity index (χ1) is 7.82. The molecule has 100 valence electrons. The molecule has 4 heteroatoms. The first-order valence-corrected chi connectivity index (χ1v) is 6.56. The summed E-state index contributed by atoms with van der Waals surface area (Å²) in [6, 6.07) is -0.0927. The molecule has 0 bridgehead atoms. The fraction of sp³-hybridized carbons (Fsp3) is 0.923. The molecule has 0 aromatic carbocycles. The molecule has 1 aliphatic heterocycles. The number of likely N-dealkylation sites (tertiary alicyclic amines) is 1. The third kappa shape index (κ3) is 4.64. The van der Waals surface area contributed by atoms with Crippen molar-refractivity contribution in [1.29, 1.82) is 0 Å². The van der Waals surface area contributed by atoms with Crippen LogP contribution in [0.5, 0.6) is 0 Å².